The summed E-state index contributed by atoms with van der Waals surface area (Å²) < 4.78 is 0.917. The fourth-order valence-corrected chi connectivity index (χ4v) is 2.18. The van der Waals surface area contributed by atoms with Crippen molar-refractivity contribution in [3.8, 4) is 5.75 Å². The van der Waals surface area contributed by atoms with E-state index in [1.807, 2.05) is 6.07 Å². The van der Waals surface area contributed by atoms with Crippen LogP contribution in [0.15, 0.2) is 12.1 Å². The van der Waals surface area contributed by atoms with E-state index in [1.165, 1.54) is 5.56 Å². The Morgan fingerprint density at radius 2 is 2.25 bits per heavy atom. The zero-order valence-electron chi connectivity index (χ0n) is 6.55. The molecule has 3 N–H and O–H groups in total. The van der Waals surface area contributed by atoms with Crippen molar-refractivity contribution in [2.24, 2.45) is 5.73 Å². The Bertz CT molecular complexity index is 325. The van der Waals surface area contributed by atoms with E-state index in [9.17, 15) is 5.11 Å². The molecule has 2 rings (SSSR count). The van der Waals surface area contributed by atoms with Crippen LogP contribution in [-0.4, -0.2) is 5.11 Å². The number of phenols is 1. The highest BCUT2D eigenvalue weighted by molar-refractivity contribution is 14.1. The quantitative estimate of drug-likeness (QED) is 0.711. The molecule has 12 heavy (non-hydrogen) atoms. The summed E-state index contributed by atoms with van der Waals surface area (Å²) >= 11 is 2.13. The second kappa shape index (κ2) is 2.88. The summed E-state index contributed by atoms with van der Waals surface area (Å²) in [6.07, 6.45) is 2.06. The molecular formula is C9H10INO. The molecule has 1 aromatic rings. The van der Waals surface area contributed by atoms with Crippen LogP contribution in [0.3, 0.4) is 0 Å². The summed E-state index contributed by atoms with van der Waals surface area (Å²) in [4.78, 5) is 0. The summed E-state index contributed by atoms with van der Waals surface area (Å²) in [5, 5.41) is 9.44. The fraction of sp³-hybridized carbons (Fsp3) is 0.333. The average Bonchev–Trinajstić information content (AvgIpc) is 2.35. The highest BCUT2D eigenvalue weighted by Gasteiger charge is 2.20. The second-order valence-corrected chi connectivity index (χ2v) is 4.31. The van der Waals surface area contributed by atoms with Gasteiger partial charge in [-0.15, -0.1) is 0 Å². The Morgan fingerprint density at radius 3 is 3.00 bits per heavy atom. The normalized spacial score (nSPS) is 21.0. The molecule has 1 aromatic carbocycles. The van der Waals surface area contributed by atoms with Crippen LogP contribution in [0.4, 0.5) is 0 Å². The smallest absolute Gasteiger partial charge is 0.129 e. The van der Waals surface area contributed by atoms with Gasteiger partial charge in [0.2, 0.25) is 0 Å². The standard InChI is InChI=1S/C9H10INO/c10-7-3-5-1-2-8(11)6(5)4-9(7)12/h3-4,8,12H,1-2,11H2/t8-/m1/s1. The first-order valence-corrected chi connectivity index (χ1v) is 5.03. The van der Waals surface area contributed by atoms with Crippen molar-refractivity contribution in [1.29, 1.82) is 0 Å². The van der Waals surface area contributed by atoms with E-state index in [-0.39, 0.29) is 6.04 Å². The van der Waals surface area contributed by atoms with E-state index in [2.05, 4.69) is 22.6 Å². The van der Waals surface area contributed by atoms with Crippen molar-refractivity contribution >= 4 is 22.6 Å². The third kappa shape index (κ3) is 1.21. The Morgan fingerprint density at radius 1 is 1.50 bits per heavy atom. The van der Waals surface area contributed by atoms with Gasteiger partial charge in [0.15, 0.2) is 0 Å². The molecule has 0 spiro atoms. The third-order valence-electron chi connectivity index (χ3n) is 2.33. The Labute approximate surface area is 84.9 Å². The first-order chi connectivity index (χ1) is 5.68. The number of fused-ring (bicyclic) bond motifs is 1. The first-order valence-electron chi connectivity index (χ1n) is 3.95. The number of rotatable bonds is 0. The Kier molecular flexibility index (Phi) is 2.00. The van der Waals surface area contributed by atoms with Gasteiger partial charge in [0, 0.05) is 6.04 Å². The molecule has 0 fully saturated rings. The molecule has 1 atom stereocenters. The van der Waals surface area contributed by atoms with Crippen molar-refractivity contribution in [2.75, 3.05) is 0 Å². The molecule has 1 aliphatic rings. The van der Waals surface area contributed by atoms with Gasteiger partial charge < -0.3 is 10.8 Å². The lowest BCUT2D eigenvalue weighted by Gasteiger charge is -2.05. The number of benzene rings is 1. The molecule has 0 aromatic heterocycles. The number of aromatic hydroxyl groups is 1. The van der Waals surface area contributed by atoms with E-state index in [4.69, 9.17) is 5.73 Å². The SMILES string of the molecule is N[C@@H]1CCc2cc(I)c(O)cc21. The molecule has 0 unspecified atom stereocenters. The lowest BCUT2D eigenvalue weighted by Crippen LogP contribution is -2.04. The van der Waals surface area contributed by atoms with Crippen LogP contribution >= 0.6 is 22.6 Å². The molecule has 2 nitrogen and oxygen atoms in total. The van der Waals surface area contributed by atoms with Crippen LogP contribution in [0.25, 0.3) is 0 Å². The van der Waals surface area contributed by atoms with E-state index in [0.717, 1.165) is 22.0 Å². The fourth-order valence-electron chi connectivity index (χ4n) is 1.65. The Hall–Kier alpha value is -0.290. The van der Waals surface area contributed by atoms with Crippen LogP contribution in [0, 0.1) is 3.57 Å². The predicted molar refractivity (Wildman–Crippen MR) is 56.1 cm³/mol. The molecular weight excluding hydrogens is 265 g/mol. The van der Waals surface area contributed by atoms with Gasteiger partial charge in [0.1, 0.15) is 5.75 Å². The molecule has 1 aliphatic carbocycles. The van der Waals surface area contributed by atoms with Crippen molar-refractivity contribution in [3.63, 3.8) is 0 Å². The van der Waals surface area contributed by atoms with Gasteiger partial charge in [-0.2, -0.15) is 0 Å². The molecule has 0 saturated carbocycles. The van der Waals surface area contributed by atoms with Crippen LogP contribution in [0.2, 0.25) is 0 Å². The average molecular weight is 275 g/mol. The van der Waals surface area contributed by atoms with Crippen molar-refractivity contribution in [1.82, 2.24) is 0 Å². The van der Waals surface area contributed by atoms with Gasteiger partial charge in [-0.1, -0.05) is 0 Å². The largest absolute Gasteiger partial charge is 0.507 e. The van der Waals surface area contributed by atoms with Gasteiger partial charge in [0.05, 0.1) is 3.57 Å². The van der Waals surface area contributed by atoms with E-state index in [1.54, 1.807) is 6.07 Å². The minimum atomic E-state index is 0.128. The number of phenolic OH excluding ortho intramolecular Hbond substituents is 1. The zero-order chi connectivity index (χ0) is 8.72. The van der Waals surface area contributed by atoms with Crippen LogP contribution < -0.4 is 5.73 Å². The summed E-state index contributed by atoms with van der Waals surface area (Å²) in [5.74, 6) is 0.353. The van der Waals surface area contributed by atoms with Crippen molar-refractivity contribution in [3.05, 3.63) is 26.8 Å². The van der Waals surface area contributed by atoms with Crippen LogP contribution in [0.1, 0.15) is 23.6 Å². The maximum absolute atomic E-state index is 9.44. The van der Waals surface area contributed by atoms with Gasteiger partial charge >= 0.3 is 0 Å². The number of halogens is 1. The number of nitrogens with two attached hydrogens (primary N) is 1. The topological polar surface area (TPSA) is 46.2 Å². The van der Waals surface area contributed by atoms with Crippen molar-refractivity contribution in [2.45, 2.75) is 18.9 Å². The molecule has 0 saturated heterocycles. The summed E-state index contributed by atoms with van der Waals surface area (Å²) in [6.45, 7) is 0. The maximum Gasteiger partial charge on any atom is 0.129 e. The summed E-state index contributed by atoms with van der Waals surface area (Å²) in [6, 6.07) is 3.95. The zero-order valence-corrected chi connectivity index (χ0v) is 8.71. The number of aryl methyl sites for hydroxylation is 1. The van der Waals surface area contributed by atoms with Gasteiger partial charge in [-0.25, -0.2) is 0 Å². The second-order valence-electron chi connectivity index (χ2n) is 3.15. The monoisotopic (exact) mass is 275 g/mol. The van der Waals surface area contributed by atoms with E-state index >= 15 is 0 Å². The first kappa shape index (κ1) is 8.31. The third-order valence-corrected chi connectivity index (χ3v) is 3.20. The van der Waals surface area contributed by atoms with Crippen molar-refractivity contribution < 1.29 is 5.11 Å². The molecule has 0 bridgehead atoms. The Balaban J connectivity index is 2.56. The molecule has 0 heterocycles. The summed E-state index contributed by atoms with van der Waals surface area (Å²) in [5.41, 5.74) is 8.27. The molecule has 3 heteroatoms. The molecule has 0 aliphatic heterocycles. The summed E-state index contributed by atoms with van der Waals surface area (Å²) in [7, 11) is 0. The molecule has 0 radical (unpaired) electrons. The van der Waals surface area contributed by atoms with Crippen LogP contribution in [0.5, 0.6) is 5.75 Å². The van der Waals surface area contributed by atoms with Gasteiger partial charge in [-0.3, -0.25) is 0 Å². The lowest BCUT2D eigenvalue weighted by molar-refractivity contribution is 0.470. The molecule has 0 amide bonds. The number of hydrogen-bond donors (Lipinski definition) is 2. The van der Waals surface area contributed by atoms with Gasteiger partial charge in [0.25, 0.3) is 0 Å². The maximum atomic E-state index is 9.44. The van der Waals surface area contributed by atoms with Gasteiger partial charge in [-0.05, 0) is 58.7 Å². The molecule has 64 valence electrons. The minimum Gasteiger partial charge on any atom is -0.507 e. The van der Waals surface area contributed by atoms with Crippen LogP contribution in [-0.2, 0) is 6.42 Å². The number of hydrogen-bond acceptors (Lipinski definition) is 2. The van der Waals surface area contributed by atoms with E-state index < -0.39 is 0 Å². The lowest BCUT2D eigenvalue weighted by atomic mass is 10.1. The van der Waals surface area contributed by atoms with E-state index in [0.29, 0.717) is 5.75 Å². The highest BCUT2D eigenvalue weighted by atomic mass is 127. The predicted octanol–water partition coefficient (Wildman–Crippen LogP) is 1.94. The minimum absolute atomic E-state index is 0.128. The highest BCUT2D eigenvalue weighted by Crippen LogP contribution is 2.34.